The number of ketones is 1. The zero-order valence-electron chi connectivity index (χ0n) is 8.79. The molecule has 0 amide bonds. The number of benzene rings is 1. The van der Waals surface area contributed by atoms with E-state index in [1.165, 1.54) is 6.42 Å². The number of fused-ring (bicyclic) bond motifs is 1. The molecule has 1 aliphatic rings. The standard InChI is InChI=1S/C13H12BrNO/c14-10-5-2-6-11-12(10)9(7-15-11)13(16)8-3-1-4-8/h2,5-8,15H,1,3-4H2. The third-order valence-electron chi connectivity index (χ3n) is 3.40. The minimum absolute atomic E-state index is 0.256. The Bertz CT molecular complexity index is 554. The lowest BCUT2D eigenvalue weighted by atomic mass is 9.80. The summed E-state index contributed by atoms with van der Waals surface area (Å²) in [4.78, 5) is 15.4. The lowest BCUT2D eigenvalue weighted by Gasteiger charge is -2.23. The summed E-state index contributed by atoms with van der Waals surface area (Å²) in [5.41, 5.74) is 1.87. The van der Waals surface area contributed by atoms with Crippen molar-refractivity contribution in [3.05, 3.63) is 34.4 Å². The predicted octanol–water partition coefficient (Wildman–Crippen LogP) is 3.91. The number of aromatic amines is 1. The van der Waals surface area contributed by atoms with Crippen LogP contribution < -0.4 is 0 Å². The van der Waals surface area contributed by atoms with Crippen LogP contribution in [0.25, 0.3) is 10.9 Å². The van der Waals surface area contributed by atoms with E-state index < -0.39 is 0 Å². The summed E-state index contributed by atoms with van der Waals surface area (Å²) in [5.74, 6) is 0.551. The summed E-state index contributed by atoms with van der Waals surface area (Å²) in [6.07, 6.45) is 5.14. The molecule has 1 saturated carbocycles. The second-order valence-corrected chi connectivity index (χ2v) is 5.21. The number of hydrogen-bond donors (Lipinski definition) is 1. The van der Waals surface area contributed by atoms with Crippen LogP contribution in [0.4, 0.5) is 0 Å². The molecule has 16 heavy (non-hydrogen) atoms. The average Bonchev–Trinajstić information content (AvgIpc) is 2.60. The third-order valence-corrected chi connectivity index (χ3v) is 4.06. The molecular formula is C13H12BrNO. The van der Waals surface area contributed by atoms with Gasteiger partial charge in [0.25, 0.3) is 0 Å². The van der Waals surface area contributed by atoms with Crippen molar-refractivity contribution in [2.45, 2.75) is 19.3 Å². The van der Waals surface area contributed by atoms with Gasteiger partial charge in [-0.05, 0) is 25.0 Å². The van der Waals surface area contributed by atoms with Gasteiger partial charge in [0.05, 0.1) is 0 Å². The molecule has 3 heteroatoms. The summed E-state index contributed by atoms with van der Waals surface area (Å²) in [6, 6.07) is 5.95. The second-order valence-electron chi connectivity index (χ2n) is 4.36. The van der Waals surface area contributed by atoms with E-state index in [0.29, 0.717) is 5.78 Å². The summed E-state index contributed by atoms with van der Waals surface area (Å²) < 4.78 is 0.994. The van der Waals surface area contributed by atoms with Gasteiger partial charge in [-0.2, -0.15) is 0 Å². The molecule has 2 aromatic rings. The Kier molecular flexibility index (Phi) is 2.36. The zero-order chi connectivity index (χ0) is 11.1. The van der Waals surface area contributed by atoms with E-state index in [2.05, 4.69) is 20.9 Å². The van der Waals surface area contributed by atoms with E-state index in [0.717, 1.165) is 33.8 Å². The Labute approximate surface area is 102 Å². The zero-order valence-corrected chi connectivity index (χ0v) is 10.4. The van der Waals surface area contributed by atoms with Crippen LogP contribution in [-0.2, 0) is 0 Å². The third kappa shape index (κ3) is 1.42. The lowest BCUT2D eigenvalue weighted by molar-refractivity contribution is 0.0857. The van der Waals surface area contributed by atoms with Gasteiger partial charge in [-0.1, -0.05) is 28.4 Å². The Morgan fingerprint density at radius 1 is 1.38 bits per heavy atom. The molecule has 0 spiro atoms. The molecule has 0 atom stereocenters. The molecule has 82 valence electrons. The number of rotatable bonds is 2. The summed E-state index contributed by atoms with van der Waals surface area (Å²) in [6.45, 7) is 0. The summed E-state index contributed by atoms with van der Waals surface area (Å²) >= 11 is 3.51. The van der Waals surface area contributed by atoms with Gasteiger partial charge in [-0.3, -0.25) is 4.79 Å². The van der Waals surface area contributed by atoms with Crippen molar-refractivity contribution < 1.29 is 4.79 Å². The Morgan fingerprint density at radius 3 is 2.88 bits per heavy atom. The van der Waals surface area contributed by atoms with Gasteiger partial charge in [0.2, 0.25) is 0 Å². The van der Waals surface area contributed by atoms with Crippen molar-refractivity contribution in [3.8, 4) is 0 Å². The molecule has 1 N–H and O–H groups in total. The number of H-pyrrole nitrogens is 1. The van der Waals surface area contributed by atoms with E-state index in [1.54, 1.807) is 0 Å². The highest BCUT2D eigenvalue weighted by Crippen LogP contribution is 2.34. The Balaban J connectivity index is 2.12. The van der Waals surface area contributed by atoms with E-state index in [-0.39, 0.29) is 5.92 Å². The topological polar surface area (TPSA) is 32.9 Å². The fourth-order valence-electron chi connectivity index (χ4n) is 2.22. The maximum absolute atomic E-state index is 12.2. The van der Waals surface area contributed by atoms with Crippen LogP contribution in [0.1, 0.15) is 29.6 Å². The van der Waals surface area contributed by atoms with Crippen molar-refractivity contribution >= 4 is 32.6 Å². The number of carbonyl (C=O) groups is 1. The van der Waals surface area contributed by atoms with E-state index >= 15 is 0 Å². The van der Waals surface area contributed by atoms with Crippen molar-refractivity contribution in [3.63, 3.8) is 0 Å². The van der Waals surface area contributed by atoms with Crippen LogP contribution in [0.5, 0.6) is 0 Å². The molecule has 0 radical (unpaired) electrons. The maximum atomic E-state index is 12.2. The molecule has 1 heterocycles. The van der Waals surface area contributed by atoms with E-state index in [4.69, 9.17) is 0 Å². The van der Waals surface area contributed by atoms with Gasteiger partial charge >= 0.3 is 0 Å². The number of halogens is 1. The largest absolute Gasteiger partial charge is 0.360 e. The van der Waals surface area contributed by atoms with Crippen LogP contribution in [-0.4, -0.2) is 10.8 Å². The molecule has 1 aromatic heterocycles. The smallest absolute Gasteiger partial charge is 0.168 e. The number of carbonyl (C=O) groups excluding carboxylic acids is 1. The monoisotopic (exact) mass is 277 g/mol. The van der Waals surface area contributed by atoms with Crippen LogP contribution in [0.15, 0.2) is 28.9 Å². The first-order valence-electron chi connectivity index (χ1n) is 5.57. The normalized spacial score (nSPS) is 16.3. The Morgan fingerprint density at radius 2 is 2.19 bits per heavy atom. The van der Waals surface area contributed by atoms with E-state index in [1.807, 2.05) is 24.4 Å². The summed E-state index contributed by atoms with van der Waals surface area (Å²) in [7, 11) is 0. The van der Waals surface area contributed by atoms with Gasteiger partial charge in [0.1, 0.15) is 0 Å². The van der Waals surface area contributed by atoms with Crippen LogP contribution in [0.3, 0.4) is 0 Å². The van der Waals surface area contributed by atoms with Gasteiger partial charge in [0.15, 0.2) is 5.78 Å². The molecular weight excluding hydrogens is 266 g/mol. The minimum atomic E-state index is 0.256. The molecule has 2 nitrogen and oxygen atoms in total. The highest BCUT2D eigenvalue weighted by Gasteiger charge is 2.28. The first-order valence-corrected chi connectivity index (χ1v) is 6.36. The van der Waals surface area contributed by atoms with Crippen molar-refractivity contribution in [2.75, 3.05) is 0 Å². The predicted molar refractivity (Wildman–Crippen MR) is 67.7 cm³/mol. The Hall–Kier alpha value is -1.09. The fourth-order valence-corrected chi connectivity index (χ4v) is 2.80. The average molecular weight is 278 g/mol. The SMILES string of the molecule is O=C(c1c[nH]c2cccc(Br)c12)C1CCC1. The van der Waals surface area contributed by atoms with Crippen LogP contribution >= 0.6 is 15.9 Å². The second kappa shape index (κ2) is 3.74. The first-order chi connectivity index (χ1) is 7.77. The summed E-state index contributed by atoms with van der Waals surface area (Å²) in [5, 5.41) is 1.03. The van der Waals surface area contributed by atoms with Crippen molar-refractivity contribution in [1.29, 1.82) is 0 Å². The molecule has 0 bridgehead atoms. The van der Waals surface area contributed by atoms with Crippen LogP contribution in [0, 0.1) is 5.92 Å². The number of aromatic nitrogens is 1. The highest BCUT2D eigenvalue weighted by atomic mass is 79.9. The molecule has 0 aliphatic heterocycles. The maximum Gasteiger partial charge on any atom is 0.168 e. The van der Waals surface area contributed by atoms with Gasteiger partial charge < -0.3 is 4.98 Å². The fraction of sp³-hybridized carbons (Fsp3) is 0.308. The highest BCUT2D eigenvalue weighted by molar-refractivity contribution is 9.10. The van der Waals surface area contributed by atoms with Gasteiger partial charge in [-0.25, -0.2) is 0 Å². The van der Waals surface area contributed by atoms with Gasteiger partial charge in [0, 0.05) is 33.1 Å². The lowest BCUT2D eigenvalue weighted by Crippen LogP contribution is -2.21. The van der Waals surface area contributed by atoms with Crippen molar-refractivity contribution in [2.24, 2.45) is 5.92 Å². The first kappa shape index (κ1) is 10.1. The number of hydrogen-bond acceptors (Lipinski definition) is 1. The molecule has 3 rings (SSSR count). The van der Waals surface area contributed by atoms with Gasteiger partial charge in [-0.15, -0.1) is 0 Å². The molecule has 0 unspecified atom stereocenters. The van der Waals surface area contributed by atoms with Crippen molar-refractivity contribution in [1.82, 2.24) is 4.98 Å². The molecule has 0 saturated heterocycles. The molecule has 1 aromatic carbocycles. The molecule has 1 fully saturated rings. The quantitative estimate of drug-likeness (QED) is 0.830. The number of Topliss-reactive ketones (excluding diaryl/α,β-unsaturated/α-hetero) is 1. The van der Waals surface area contributed by atoms with E-state index in [9.17, 15) is 4.79 Å². The minimum Gasteiger partial charge on any atom is -0.360 e. The molecule has 1 aliphatic carbocycles. The number of nitrogens with one attached hydrogen (secondary N) is 1. The van der Waals surface area contributed by atoms with Crippen LogP contribution in [0.2, 0.25) is 0 Å².